The molecule has 2 rings (SSSR count). The molecule has 4 heteroatoms. The minimum atomic E-state index is 0.0425. The van der Waals surface area contributed by atoms with E-state index in [0.29, 0.717) is 5.56 Å². The zero-order chi connectivity index (χ0) is 15.4. The van der Waals surface area contributed by atoms with Crippen LogP contribution in [0.2, 0.25) is 0 Å². The fraction of sp³-hybridized carbons (Fsp3) is 0.588. The maximum atomic E-state index is 11.4. The predicted molar refractivity (Wildman–Crippen MR) is 84.7 cm³/mol. The van der Waals surface area contributed by atoms with Crippen LogP contribution in [-0.4, -0.2) is 54.4 Å². The number of Topliss-reactive ketones (excluding diaryl/α,β-unsaturated/α-hetero) is 1. The molecule has 0 amide bonds. The largest absolute Gasteiger partial charge is 0.508 e. The number of rotatable bonds is 5. The van der Waals surface area contributed by atoms with Gasteiger partial charge in [-0.2, -0.15) is 0 Å². The average molecular weight is 290 g/mol. The molecule has 0 unspecified atom stereocenters. The van der Waals surface area contributed by atoms with E-state index in [2.05, 4.69) is 23.9 Å². The molecule has 21 heavy (non-hydrogen) atoms. The number of carbonyl (C=O) groups excluding carboxylic acids is 1. The van der Waals surface area contributed by atoms with Gasteiger partial charge in [-0.1, -0.05) is 0 Å². The Balaban J connectivity index is 1.94. The van der Waals surface area contributed by atoms with Crippen LogP contribution in [0.5, 0.6) is 5.75 Å². The Kier molecular flexibility index (Phi) is 5.37. The fourth-order valence-corrected chi connectivity index (χ4v) is 3.02. The van der Waals surface area contributed by atoms with Gasteiger partial charge in [0.1, 0.15) is 5.75 Å². The van der Waals surface area contributed by atoms with Crippen molar-refractivity contribution < 1.29 is 9.90 Å². The maximum absolute atomic E-state index is 11.4. The van der Waals surface area contributed by atoms with Crippen molar-refractivity contribution in [1.82, 2.24) is 9.80 Å². The highest BCUT2D eigenvalue weighted by atomic mass is 16.3. The van der Waals surface area contributed by atoms with Gasteiger partial charge in [0.15, 0.2) is 5.78 Å². The third-order valence-electron chi connectivity index (χ3n) is 4.21. The second-order valence-corrected chi connectivity index (χ2v) is 6.38. The van der Waals surface area contributed by atoms with Crippen molar-refractivity contribution in [3.63, 3.8) is 0 Å². The average Bonchev–Trinajstić information content (AvgIpc) is 2.42. The Labute approximate surface area is 127 Å². The number of benzene rings is 1. The van der Waals surface area contributed by atoms with Gasteiger partial charge in [-0.05, 0) is 71.1 Å². The first kappa shape index (κ1) is 16.0. The standard InChI is InChI=1S/C17H26N2O2/c1-13(20)15-4-5-17(21)16(10-15)12-19-8-6-14(7-9-19)11-18(2)3/h4-5,10,14,21H,6-9,11-12H2,1-3H3. The number of nitrogens with zero attached hydrogens (tertiary/aromatic N) is 2. The number of aromatic hydroxyl groups is 1. The SMILES string of the molecule is CC(=O)c1ccc(O)c(CN2CCC(CN(C)C)CC2)c1. The number of hydrogen-bond donors (Lipinski definition) is 1. The molecule has 1 N–H and O–H groups in total. The van der Waals surface area contributed by atoms with Crippen LogP contribution in [0.3, 0.4) is 0 Å². The third-order valence-corrected chi connectivity index (χ3v) is 4.21. The van der Waals surface area contributed by atoms with Crippen molar-refractivity contribution in [2.45, 2.75) is 26.3 Å². The molecule has 0 bridgehead atoms. The van der Waals surface area contributed by atoms with Crippen molar-refractivity contribution >= 4 is 5.78 Å². The number of likely N-dealkylation sites (tertiary alicyclic amines) is 1. The Bertz CT molecular complexity index is 492. The number of piperidine rings is 1. The van der Waals surface area contributed by atoms with Gasteiger partial charge in [0.05, 0.1) is 0 Å². The summed E-state index contributed by atoms with van der Waals surface area (Å²) in [7, 11) is 4.25. The van der Waals surface area contributed by atoms with Gasteiger partial charge in [0.25, 0.3) is 0 Å². The summed E-state index contributed by atoms with van der Waals surface area (Å²) >= 11 is 0. The van der Waals surface area contributed by atoms with Crippen LogP contribution in [0.1, 0.15) is 35.7 Å². The summed E-state index contributed by atoms with van der Waals surface area (Å²) in [6.45, 7) is 5.55. The number of ketones is 1. The van der Waals surface area contributed by atoms with Crippen LogP contribution in [0, 0.1) is 5.92 Å². The summed E-state index contributed by atoms with van der Waals surface area (Å²) in [5.41, 5.74) is 1.53. The van der Waals surface area contributed by atoms with E-state index < -0.39 is 0 Å². The third kappa shape index (κ3) is 4.55. The molecule has 0 aromatic heterocycles. The normalized spacial score (nSPS) is 17.3. The molecule has 0 aliphatic carbocycles. The Hall–Kier alpha value is -1.39. The number of carbonyl (C=O) groups is 1. The Morgan fingerprint density at radius 1 is 1.33 bits per heavy atom. The lowest BCUT2D eigenvalue weighted by atomic mass is 9.96. The summed E-state index contributed by atoms with van der Waals surface area (Å²) < 4.78 is 0. The van der Waals surface area contributed by atoms with E-state index in [0.717, 1.165) is 37.7 Å². The van der Waals surface area contributed by atoms with E-state index >= 15 is 0 Å². The molecule has 4 nitrogen and oxygen atoms in total. The number of hydrogen-bond acceptors (Lipinski definition) is 4. The lowest BCUT2D eigenvalue weighted by Gasteiger charge is -2.33. The smallest absolute Gasteiger partial charge is 0.159 e. The minimum absolute atomic E-state index is 0.0425. The van der Waals surface area contributed by atoms with E-state index in [1.165, 1.54) is 12.8 Å². The van der Waals surface area contributed by atoms with Gasteiger partial charge in [0.2, 0.25) is 0 Å². The van der Waals surface area contributed by atoms with Crippen LogP contribution in [0.25, 0.3) is 0 Å². The summed E-state index contributed by atoms with van der Waals surface area (Å²) in [5.74, 6) is 1.10. The van der Waals surface area contributed by atoms with Gasteiger partial charge in [-0.15, -0.1) is 0 Å². The second-order valence-electron chi connectivity index (χ2n) is 6.38. The highest BCUT2D eigenvalue weighted by Crippen LogP contribution is 2.24. The van der Waals surface area contributed by atoms with Crippen LogP contribution in [0.15, 0.2) is 18.2 Å². The van der Waals surface area contributed by atoms with Crippen molar-refractivity contribution in [3.8, 4) is 5.75 Å². The molecule has 1 heterocycles. The molecule has 1 aromatic rings. The second kappa shape index (κ2) is 7.05. The first-order valence-corrected chi connectivity index (χ1v) is 7.65. The summed E-state index contributed by atoms with van der Waals surface area (Å²) in [4.78, 5) is 16.1. The molecular formula is C17H26N2O2. The molecule has 1 aliphatic heterocycles. The van der Waals surface area contributed by atoms with E-state index in [1.54, 1.807) is 19.1 Å². The van der Waals surface area contributed by atoms with Crippen molar-refractivity contribution in [3.05, 3.63) is 29.3 Å². The predicted octanol–water partition coefficient (Wildman–Crippen LogP) is 2.37. The van der Waals surface area contributed by atoms with E-state index in [4.69, 9.17) is 0 Å². The van der Waals surface area contributed by atoms with Gasteiger partial charge in [0, 0.05) is 24.2 Å². The Morgan fingerprint density at radius 2 is 2.00 bits per heavy atom. The van der Waals surface area contributed by atoms with Gasteiger partial charge in [-0.3, -0.25) is 9.69 Å². The Morgan fingerprint density at radius 3 is 2.57 bits per heavy atom. The van der Waals surface area contributed by atoms with Crippen LogP contribution in [0.4, 0.5) is 0 Å². The molecule has 0 radical (unpaired) electrons. The molecule has 1 aliphatic rings. The lowest BCUT2D eigenvalue weighted by Crippen LogP contribution is -2.36. The van der Waals surface area contributed by atoms with Crippen molar-refractivity contribution in [2.75, 3.05) is 33.7 Å². The van der Waals surface area contributed by atoms with Crippen molar-refractivity contribution in [2.24, 2.45) is 5.92 Å². The summed E-state index contributed by atoms with van der Waals surface area (Å²) in [6, 6.07) is 5.14. The highest BCUT2D eigenvalue weighted by molar-refractivity contribution is 5.94. The molecule has 0 atom stereocenters. The lowest BCUT2D eigenvalue weighted by molar-refractivity contribution is 0.101. The monoisotopic (exact) mass is 290 g/mol. The summed E-state index contributed by atoms with van der Waals surface area (Å²) in [6.07, 6.45) is 2.40. The van der Waals surface area contributed by atoms with Crippen molar-refractivity contribution in [1.29, 1.82) is 0 Å². The minimum Gasteiger partial charge on any atom is -0.508 e. The van der Waals surface area contributed by atoms with Gasteiger partial charge in [-0.25, -0.2) is 0 Å². The first-order valence-electron chi connectivity index (χ1n) is 7.65. The summed E-state index contributed by atoms with van der Waals surface area (Å²) in [5, 5.41) is 9.97. The topological polar surface area (TPSA) is 43.8 Å². The van der Waals surface area contributed by atoms with Crippen LogP contribution < -0.4 is 0 Å². The zero-order valence-electron chi connectivity index (χ0n) is 13.3. The van der Waals surface area contributed by atoms with E-state index in [9.17, 15) is 9.90 Å². The molecule has 0 spiro atoms. The quantitative estimate of drug-likeness (QED) is 0.846. The highest BCUT2D eigenvalue weighted by Gasteiger charge is 2.20. The number of phenols is 1. The molecule has 0 saturated carbocycles. The van der Waals surface area contributed by atoms with Gasteiger partial charge >= 0.3 is 0 Å². The number of phenolic OH excluding ortho intramolecular Hbond substituents is 1. The molecule has 1 fully saturated rings. The molecule has 1 aromatic carbocycles. The van der Waals surface area contributed by atoms with E-state index in [-0.39, 0.29) is 11.5 Å². The first-order chi connectivity index (χ1) is 9.95. The molecular weight excluding hydrogens is 264 g/mol. The molecule has 116 valence electrons. The molecule has 1 saturated heterocycles. The zero-order valence-corrected chi connectivity index (χ0v) is 13.3. The van der Waals surface area contributed by atoms with Gasteiger partial charge < -0.3 is 10.0 Å². The van der Waals surface area contributed by atoms with Crippen LogP contribution in [-0.2, 0) is 6.54 Å². The van der Waals surface area contributed by atoms with Crippen LogP contribution >= 0.6 is 0 Å². The maximum Gasteiger partial charge on any atom is 0.159 e. The fourth-order valence-electron chi connectivity index (χ4n) is 3.02. The van der Waals surface area contributed by atoms with E-state index in [1.807, 2.05) is 6.07 Å².